The fraction of sp³-hybridized carbons (Fsp3) is 0.600. The SMILES string of the molecule is Cc1ccc(N)c(C)c1S(=O)(=O)N(C)C1CCCN(C)C1. The molecule has 0 bridgehead atoms. The van der Waals surface area contributed by atoms with Crippen molar-refractivity contribution >= 4 is 15.7 Å². The van der Waals surface area contributed by atoms with Crippen molar-refractivity contribution in [2.45, 2.75) is 37.6 Å². The third-order valence-electron chi connectivity index (χ3n) is 4.40. The van der Waals surface area contributed by atoms with E-state index in [1.807, 2.05) is 14.0 Å². The predicted octanol–water partition coefficient (Wildman–Crippen LogP) is 1.60. The van der Waals surface area contributed by atoms with Gasteiger partial charge >= 0.3 is 0 Å². The summed E-state index contributed by atoms with van der Waals surface area (Å²) in [5, 5.41) is 0. The number of likely N-dealkylation sites (N-methyl/N-ethyl adjacent to an activating group) is 2. The zero-order chi connectivity index (χ0) is 15.8. The van der Waals surface area contributed by atoms with Crippen molar-refractivity contribution < 1.29 is 8.42 Å². The van der Waals surface area contributed by atoms with Crippen LogP contribution in [0.25, 0.3) is 0 Å². The van der Waals surface area contributed by atoms with Crippen molar-refractivity contribution in [3.63, 3.8) is 0 Å². The van der Waals surface area contributed by atoms with Crippen LogP contribution < -0.4 is 5.73 Å². The molecule has 0 aliphatic carbocycles. The zero-order valence-corrected chi connectivity index (χ0v) is 14.1. The molecule has 118 valence electrons. The molecule has 21 heavy (non-hydrogen) atoms. The van der Waals surface area contributed by atoms with Gasteiger partial charge in [-0.1, -0.05) is 6.07 Å². The van der Waals surface area contributed by atoms with E-state index >= 15 is 0 Å². The van der Waals surface area contributed by atoms with Gasteiger partial charge < -0.3 is 10.6 Å². The second kappa shape index (κ2) is 5.94. The standard InChI is InChI=1S/C15H25N3O2S/c1-11-7-8-14(16)12(2)15(11)21(19,20)18(4)13-6-5-9-17(3)10-13/h7-8,13H,5-6,9-10,16H2,1-4H3. The van der Waals surface area contributed by atoms with Gasteiger partial charge in [-0.15, -0.1) is 0 Å². The Bertz CT molecular complexity index is 628. The summed E-state index contributed by atoms with van der Waals surface area (Å²) in [7, 11) is 0.194. The summed E-state index contributed by atoms with van der Waals surface area (Å²) in [6.45, 7) is 5.40. The van der Waals surface area contributed by atoms with Gasteiger partial charge in [0.15, 0.2) is 0 Å². The van der Waals surface area contributed by atoms with E-state index in [1.54, 1.807) is 26.1 Å². The minimum Gasteiger partial charge on any atom is -0.398 e. The van der Waals surface area contributed by atoms with Gasteiger partial charge in [0.1, 0.15) is 0 Å². The molecule has 0 aromatic heterocycles. The smallest absolute Gasteiger partial charge is 0.243 e. The molecule has 2 rings (SSSR count). The van der Waals surface area contributed by atoms with Gasteiger partial charge in [-0.05, 0) is 57.5 Å². The molecule has 5 nitrogen and oxygen atoms in total. The van der Waals surface area contributed by atoms with Crippen LogP contribution in [0.1, 0.15) is 24.0 Å². The second-order valence-electron chi connectivity index (χ2n) is 6.01. The summed E-state index contributed by atoms with van der Waals surface area (Å²) in [5.41, 5.74) is 7.81. The highest BCUT2D eigenvalue weighted by Crippen LogP contribution is 2.29. The number of benzene rings is 1. The van der Waals surface area contributed by atoms with Crippen molar-refractivity contribution in [2.75, 3.05) is 32.9 Å². The number of sulfonamides is 1. The number of piperidine rings is 1. The molecule has 1 aliphatic rings. The van der Waals surface area contributed by atoms with Gasteiger partial charge in [0.25, 0.3) is 0 Å². The lowest BCUT2D eigenvalue weighted by atomic mass is 10.1. The number of rotatable bonds is 3. The number of likely N-dealkylation sites (tertiary alicyclic amines) is 1. The van der Waals surface area contributed by atoms with Gasteiger partial charge in [-0.25, -0.2) is 8.42 Å². The van der Waals surface area contributed by atoms with Gasteiger partial charge in [0.2, 0.25) is 10.0 Å². The van der Waals surface area contributed by atoms with Crippen molar-refractivity contribution in [3.8, 4) is 0 Å². The minimum absolute atomic E-state index is 0.0222. The lowest BCUT2D eigenvalue weighted by Gasteiger charge is -2.35. The first-order valence-electron chi connectivity index (χ1n) is 7.27. The largest absolute Gasteiger partial charge is 0.398 e. The normalized spacial score (nSPS) is 20.9. The molecule has 0 radical (unpaired) electrons. The maximum atomic E-state index is 13.0. The van der Waals surface area contributed by atoms with Gasteiger partial charge in [-0.2, -0.15) is 4.31 Å². The summed E-state index contributed by atoms with van der Waals surface area (Å²) < 4.78 is 27.5. The number of hydrogen-bond donors (Lipinski definition) is 1. The zero-order valence-electron chi connectivity index (χ0n) is 13.3. The Morgan fingerprint density at radius 2 is 2.00 bits per heavy atom. The summed E-state index contributed by atoms with van der Waals surface area (Å²) in [6, 6.07) is 3.56. The summed E-state index contributed by atoms with van der Waals surface area (Å²) in [5.74, 6) is 0. The molecule has 1 atom stereocenters. The molecule has 2 N–H and O–H groups in total. The van der Waals surface area contributed by atoms with Crippen LogP contribution in [0.4, 0.5) is 5.69 Å². The first-order valence-corrected chi connectivity index (χ1v) is 8.71. The molecule has 0 saturated carbocycles. The maximum absolute atomic E-state index is 13.0. The van der Waals surface area contributed by atoms with Crippen LogP contribution in [0, 0.1) is 13.8 Å². The van der Waals surface area contributed by atoms with Gasteiger partial charge in [0.05, 0.1) is 4.90 Å². The Balaban J connectivity index is 2.40. The van der Waals surface area contributed by atoms with Gasteiger partial charge in [-0.3, -0.25) is 0 Å². The maximum Gasteiger partial charge on any atom is 0.243 e. The Labute approximate surface area is 127 Å². The predicted molar refractivity (Wildman–Crippen MR) is 85.8 cm³/mol. The van der Waals surface area contributed by atoms with Crippen LogP contribution in [0.15, 0.2) is 17.0 Å². The Morgan fingerprint density at radius 3 is 2.62 bits per heavy atom. The van der Waals surface area contributed by atoms with E-state index in [1.165, 1.54) is 4.31 Å². The average Bonchev–Trinajstić information content (AvgIpc) is 2.42. The van der Waals surface area contributed by atoms with Crippen LogP contribution in [-0.2, 0) is 10.0 Å². The van der Waals surface area contributed by atoms with Crippen LogP contribution in [0.5, 0.6) is 0 Å². The molecule has 1 aliphatic heterocycles. The number of aryl methyl sites for hydroxylation is 1. The molecular formula is C15H25N3O2S. The highest BCUT2D eigenvalue weighted by Gasteiger charge is 2.32. The third-order valence-corrected chi connectivity index (χ3v) is 6.60. The lowest BCUT2D eigenvalue weighted by Crippen LogP contribution is -2.47. The molecule has 1 aromatic rings. The fourth-order valence-corrected chi connectivity index (χ4v) is 4.85. The van der Waals surface area contributed by atoms with Crippen LogP contribution in [0.2, 0.25) is 0 Å². The van der Waals surface area contributed by atoms with Crippen LogP contribution in [-0.4, -0.2) is 50.8 Å². The molecule has 0 spiro atoms. The first kappa shape index (κ1) is 16.3. The Kier molecular flexibility index (Phi) is 4.60. The molecule has 1 unspecified atom stereocenters. The van der Waals surface area contributed by atoms with Crippen molar-refractivity contribution in [1.82, 2.24) is 9.21 Å². The first-order chi connectivity index (χ1) is 9.75. The third kappa shape index (κ3) is 3.07. The second-order valence-corrected chi connectivity index (χ2v) is 7.94. The number of nitrogen functional groups attached to an aromatic ring is 1. The molecule has 1 fully saturated rings. The Morgan fingerprint density at radius 1 is 1.33 bits per heavy atom. The van der Waals surface area contributed by atoms with E-state index in [2.05, 4.69) is 4.90 Å². The highest BCUT2D eigenvalue weighted by molar-refractivity contribution is 7.89. The topological polar surface area (TPSA) is 66.6 Å². The minimum atomic E-state index is -3.52. The van der Waals surface area contributed by atoms with Crippen LogP contribution in [0.3, 0.4) is 0 Å². The number of nitrogens with two attached hydrogens (primary N) is 1. The molecule has 1 heterocycles. The highest BCUT2D eigenvalue weighted by atomic mass is 32.2. The molecule has 1 aromatic carbocycles. The fourth-order valence-electron chi connectivity index (χ4n) is 3.02. The van der Waals surface area contributed by atoms with Crippen molar-refractivity contribution in [2.24, 2.45) is 0 Å². The quantitative estimate of drug-likeness (QED) is 0.861. The molecule has 0 amide bonds. The van der Waals surface area contributed by atoms with Crippen molar-refractivity contribution in [1.29, 1.82) is 0 Å². The average molecular weight is 311 g/mol. The monoisotopic (exact) mass is 311 g/mol. The van der Waals surface area contributed by atoms with E-state index < -0.39 is 10.0 Å². The summed E-state index contributed by atoms with van der Waals surface area (Å²) >= 11 is 0. The summed E-state index contributed by atoms with van der Waals surface area (Å²) in [6.07, 6.45) is 1.93. The number of hydrogen-bond acceptors (Lipinski definition) is 4. The summed E-state index contributed by atoms with van der Waals surface area (Å²) in [4.78, 5) is 2.54. The molecular weight excluding hydrogens is 286 g/mol. The molecule has 6 heteroatoms. The lowest BCUT2D eigenvalue weighted by molar-refractivity contribution is 0.187. The Hall–Kier alpha value is -1.11. The van der Waals surface area contributed by atoms with E-state index in [-0.39, 0.29) is 6.04 Å². The van der Waals surface area contributed by atoms with Crippen LogP contribution >= 0.6 is 0 Å². The number of nitrogens with zero attached hydrogens (tertiary/aromatic N) is 2. The van der Waals surface area contributed by atoms with E-state index in [0.717, 1.165) is 31.5 Å². The van der Waals surface area contributed by atoms with E-state index in [9.17, 15) is 8.42 Å². The van der Waals surface area contributed by atoms with Crippen molar-refractivity contribution in [3.05, 3.63) is 23.3 Å². The number of anilines is 1. The van der Waals surface area contributed by atoms with Gasteiger partial charge in [0, 0.05) is 25.3 Å². The van der Waals surface area contributed by atoms with E-state index in [0.29, 0.717) is 16.1 Å². The van der Waals surface area contributed by atoms with E-state index in [4.69, 9.17) is 5.73 Å². The molecule has 1 saturated heterocycles.